The van der Waals surface area contributed by atoms with E-state index in [1.807, 2.05) is 25.1 Å². The second-order valence-corrected chi connectivity index (χ2v) is 6.37. The molecule has 1 aromatic carbocycles. The Balaban J connectivity index is 1.65. The number of H-pyrrole nitrogens is 1. The number of aromatic amines is 1. The highest BCUT2D eigenvalue weighted by molar-refractivity contribution is 9.10. The molecule has 0 unspecified atom stereocenters. The summed E-state index contributed by atoms with van der Waals surface area (Å²) in [5.41, 5.74) is 2.57. The summed E-state index contributed by atoms with van der Waals surface area (Å²) in [5, 5.41) is 12.3. The van der Waals surface area contributed by atoms with Gasteiger partial charge in [-0.2, -0.15) is 5.10 Å². The summed E-state index contributed by atoms with van der Waals surface area (Å²) < 4.78 is 2.01. The number of hydrogen-bond acceptors (Lipinski definition) is 4. The van der Waals surface area contributed by atoms with Crippen LogP contribution in [0.3, 0.4) is 0 Å². The van der Waals surface area contributed by atoms with Gasteiger partial charge in [0.1, 0.15) is 0 Å². The molecule has 0 saturated heterocycles. The normalized spacial score (nSPS) is 11.3. The first-order valence-corrected chi connectivity index (χ1v) is 8.28. The van der Waals surface area contributed by atoms with Crippen molar-refractivity contribution < 1.29 is 0 Å². The largest absolute Gasteiger partial charge is 0.309 e. The molecule has 3 aromatic rings. The van der Waals surface area contributed by atoms with Gasteiger partial charge < -0.3 is 9.88 Å². The maximum atomic E-state index is 12.0. The third-order valence-corrected chi connectivity index (χ3v) is 4.40. The zero-order valence-electron chi connectivity index (χ0n) is 12.4. The van der Waals surface area contributed by atoms with E-state index in [0.717, 1.165) is 22.3 Å². The molecule has 2 heterocycles. The molecule has 0 aliphatic carbocycles. The molecule has 0 radical (unpaired) electrons. The van der Waals surface area contributed by atoms with Crippen molar-refractivity contribution in [2.75, 3.05) is 6.54 Å². The van der Waals surface area contributed by atoms with Crippen molar-refractivity contribution in [3.05, 3.63) is 55.8 Å². The predicted molar refractivity (Wildman–Crippen MR) is 93.7 cm³/mol. The Morgan fingerprint density at radius 1 is 1.43 bits per heavy atom. The highest BCUT2D eigenvalue weighted by atomic mass is 79.9. The number of nitrogens with one attached hydrogen (secondary N) is 2. The minimum Gasteiger partial charge on any atom is -0.309 e. The molecule has 0 amide bonds. The molecule has 0 aliphatic heterocycles. The van der Waals surface area contributed by atoms with Crippen LogP contribution in [-0.2, 0) is 13.1 Å². The van der Waals surface area contributed by atoms with E-state index >= 15 is 0 Å². The Kier molecular flexibility index (Phi) is 4.79. The number of benzene rings is 1. The van der Waals surface area contributed by atoms with E-state index in [4.69, 9.17) is 11.6 Å². The van der Waals surface area contributed by atoms with Gasteiger partial charge in [-0.05, 0) is 41.1 Å². The van der Waals surface area contributed by atoms with Gasteiger partial charge in [-0.25, -0.2) is 4.98 Å². The van der Waals surface area contributed by atoms with E-state index in [1.165, 1.54) is 0 Å². The highest BCUT2D eigenvalue weighted by Gasteiger charge is 2.07. The van der Waals surface area contributed by atoms with Gasteiger partial charge in [-0.1, -0.05) is 11.6 Å². The van der Waals surface area contributed by atoms with Crippen LogP contribution in [0.15, 0.2) is 33.8 Å². The van der Waals surface area contributed by atoms with Crippen molar-refractivity contribution in [1.29, 1.82) is 0 Å². The van der Waals surface area contributed by atoms with Gasteiger partial charge in [0.05, 0.1) is 11.2 Å². The van der Waals surface area contributed by atoms with Gasteiger partial charge >= 0.3 is 0 Å². The van der Waals surface area contributed by atoms with E-state index in [-0.39, 0.29) is 5.56 Å². The number of aryl methyl sites for hydroxylation is 1. The maximum Gasteiger partial charge on any atom is 0.283 e. The monoisotopic (exact) mass is 395 g/mol. The van der Waals surface area contributed by atoms with Crippen LogP contribution in [0.25, 0.3) is 10.9 Å². The molecule has 0 aliphatic rings. The summed E-state index contributed by atoms with van der Waals surface area (Å²) in [6.45, 7) is 3.67. The number of aromatic nitrogens is 4. The summed E-state index contributed by atoms with van der Waals surface area (Å²) in [7, 11) is 0. The van der Waals surface area contributed by atoms with Gasteiger partial charge in [0, 0.05) is 41.9 Å². The molecule has 0 fully saturated rings. The van der Waals surface area contributed by atoms with Crippen LogP contribution >= 0.6 is 27.5 Å². The molecule has 3 rings (SSSR count). The molecule has 120 valence electrons. The Morgan fingerprint density at radius 2 is 2.26 bits per heavy atom. The van der Waals surface area contributed by atoms with Crippen LogP contribution < -0.4 is 10.9 Å². The number of nitrogens with zero attached hydrogens (tertiary/aromatic N) is 3. The standard InChI is InChI=1S/C15H15BrClN5O/c1-9-7-19-14(16)15(23)22(9)5-4-18-8-13-11-6-10(17)2-3-12(11)20-21-13/h2-3,6-7,18H,4-5,8H2,1H3,(H,20,21). The van der Waals surface area contributed by atoms with Gasteiger partial charge in [-0.15, -0.1) is 0 Å². The molecular weight excluding hydrogens is 382 g/mol. The predicted octanol–water partition coefficient (Wildman–Crippen LogP) is 2.63. The SMILES string of the molecule is Cc1cnc(Br)c(=O)n1CCNCc1n[nH]c2ccc(Cl)cc12. The average Bonchev–Trinajstić information content (AvgIpc) is 2.93. The summed E-state index contributed by atoms with van der Waals surface area (Å²) in [4.78, 5) is 16.0. The number of rotatable bonds is 5. The van der Waals surface area contributed by atoms with E-state index < -0.39 is 0 Å². The number of halogens is 2. The van der Waals surface area contributed by atoms with E-state index in [1.54, 1.807) is 10.8 Å². The lowest BCUT2D eigenvalue weighted by Gasteiger charge is -2.10. The summed E-state index contributed by atoms with van der Waals surface area (Å²) in [6.07, 6.45) is 1.68. The van der Waals surface area contributed by atoms with Crippen molar-refractivity contribution >= 4 is 38.4 Å². The average molecular weight is 397 g/mol. The molecular formula is C15H15BrClN5O. The van der Waals surface area contributed by atoms with Crippen molar-refractivity contribution in [3.8, 4) is 0 Å². The van der Waals surface area contributed by atoms with E-state index in [9.17, 15) is 4.79 Å². The van der Waals surface area contributed by atoms with Crippen LogP contribution in [0.2, 0.25) is 5.02 Å². The van der Waals surface area contributed by atoms with Crippen molar-refractivity contribution in [2.45, 2.75) is 20.0 Å². The van der Waals surface area contributed by atoms with Crippen molar-refractivity contribution in [3.63, 3.8) is 0 Å². The Bertz CT molecular complexity index is 905. The molecule has 0 saturated carbocycles. The third kappa shape index (κ3) is 3.46. The number of hydrogen-bond donors (Lipinski definition) is 2. The lowest BCUT2D eigenvalue weighted by atomic mass is 10.2. The van der Waals surface area contributed by atoms with E-state index in [2.05, 4.69) is 36.4 Å². The minimum absolute atomic E-state index is 0.121. The molecule has 8 heteroatoms. The van der Waals surface area contributed by atoms with Crippen LogP contribution in [-0.4, -0.2) is 26.3 Å². The van der Waals surface area contributed by atoms with Gasteiger partial charge in [0.15, 0.2) is 4.60 Å². The van der Waals surface area contributed by atoms with Crippen LogP contribution in [0.5, 0.6) is 0 Å². The van der Waals surface area contributed by atoms with E-state index in [0.29, 0.717) is 29.3 Å². The first-order chi connectivity index (χ1) is 11.1. The lowest BCUT2D eigenvalue weighted by Crippen LogP contribution is -2.29. The summed E-state index contributed by atoms with van der Waals surface area (Å²) in [5.74, 6) is 0. The zero-order chi connectivity index (χ0) is 16.4. The van der Waals surface area contributed by atoms with Crippen LogP contribution in [0.4, 0.5) is 0 Å². The third-order valence-electron chi connectivity index (χ3n) is 3.62. The van der Waals surface area contributed by atoms with Gasteiger partial charge in [0.2, 0.25) is 0 Å². The van der Waals surface area contributed by atoms with Crippen LogP contribution in [0, 0.1) is 6.92 Å². The second-order valence-electron chi connectivity index (χ2n) is 5.18. The molecule has 6 nitrogen and oxygen atoms in total. The fourth-order valence-corrected chi connectivity index (χ4v) is 2.89. The topological polar surface area (TPSA) is 75.6 Å². The summed E-state index contributed by atoms with van der Waals surface area (Å²) >= 11 is 9.19. The number of fused-ring (bicyclic) bond motifs is 1. The maximum absolute atomic E-state index is 12.0. The lowest BCUT2D eigenvalue weighted by molar-refractivity contribution is 0.566. The molecule has 0 atom stereocenters. The molecule has 2 aromatic heterocycles. The zero-order valence-corrected chi connectivity index (χ0v) is 14.8. The fraction of sp³-hybridized carbons (Fsp3) is 0.267. The fourth-order valence-electron chi connectivity index (χ4n) is 2.40. The summed E-state index contributed by atoms with van der Waals surface area (Å²) in [6, 6.07) is 5.63. The Morgan fingerprint density at radius 3 is 3.09 bits per heavy atom. The van der Waals surface area contributed by atoms with Crippen molar-refractivity contribution in [1.82, 2.24) is 25.1 Å². The van der Waals surface area contributed by atoms with Gasteiger partial charge in [-0.3, -0.25) is 9.89 Å². The van der Waals surface area contributed by atoms with Gasteiger partial charge in [0.25, 0.3) is 5.56 Å². The van der Waals surface area contributed by atoms with Crippen molar-refractivity contribution in [2.24, 2.45) is 0 Å². The highest BCUT2D eigenvalue weighted by Crippen LogP contribution is 2.20. The van der Waals surface area contributed by atoms with Crippen LogP contribution in [0.1, 0.15) is 11.4 Å². The molecule has 0 bridgehead atoms. The molecule has 23 heavy (non-hydrogen) atoms. The Hall–Kier alpha value is -1.70. The minimum atomic E-state index is -0.121. The molecule has 2 N–H and O–H groups in total. The first kappa shape index (κ1) is 16.2. The Labute approximate surface area is 146 Å². The first-order valence-electron chi connectivity index (χ1n) is 7.11. The second kappa shape index (κ2) is 6.82. The quantitative estimate of drug-likeness (QED) is 0.650. The molecule has 0 spiro atoms. The smallest absolute Gasteiger partial charge is 0.283 e.